The van der Waals surface area contributed by atoms with Crippen LogP contribution < -0.4 is 5.32 Å². The van der Waals surface area contributed by atoms with Gasteiger partial charge in [0.2, 0.25) is 0 Å². The number of unbranched alkanes of at least 4 members (excludes halogenated alkanes) is 1. The van der Waals surface area contributed by atoms with E-state index in [9.17, 15) is 0 Å². The van der Waals surface area contributed by atoms with E-state index in [1.807, 2.05) is 12.1 Å². The van der Waals surface area contributed by atoms with Crippen LogP contribution >= 0.6 is 0 Å². The van der Waals surface area contributed by atoms with Crippen LogP contribution in [0.2, 0.25) is 0 Å². The summed E-state index contributed by atoms with van der Waals surface area (Å²) in [5.74, 6) is 0. The lowest BCUT2D eigenvalue weighted by atomic mass is 10.3. The molecule has 0 saturated carbocycles. The fraction of sp³-hybridized carbons (Fsp3) is 0.643. The van der Waals surface area contributed by atoms with Crippen LogP contribution in [0, 0.1) is 0 Å². The molecule has 1 N–H and O–H groups in total. The Morgan fingerprint density at radius 3 is 2.78 bits per heavy atom. The molecular weight excluding hydrogens is 228 g/mol. The third kappa shape index (κ3) is 6.57. The van der Waals surface area contributed by atoms with E-state index in [1.165, 1.54) is 6.42 Å². The van der Waals surface area contributed by atoms with E-state index in [0.29, 0.717) is 19.8 Å². The molecule has 0 bridgehead atoms. The Labute approximate surface area is 110 Å². The van der Waals surface area contributed by atoms with Crippen LogP contribution in [0.3, 0.4) is 0 Å². The lowest BCUT2D eigenvalue weighted by Gasteiger charge is -2.07. The minimum Gasteiger partial charge on any atom is -0.385 e. The summed E-state index contributed by atoms with van der Waals surface area (Å²) < 4.78 is 10.9. The summed E-state index contributed by atoms with van der Waals surface area (Å²) >= 11 is 0. The van der Waals surface area contributed by atoms with E-state index in [1.54, 1.807) is 6.20 Å². The zero-order valence-corrected chi connectivity index (χ0v) is 11.4. The average Bonchev–Trinajstić information content (AvgIpc) is 2.39. The van der Waals surface area contributed by atoms with Gasteiger partial charge in [-0.1, -0.05) is 13.3 Å². The molecule has 0 aromatic carbocycles. The van der Waals surface area contributed by atoms with E-state index in [0.717, 1.165) is 31.0 Å². The predicted molar refractivity (Wildman–Crippen MR) is 73.8 cm³/mol. The fourth-order valence-corrected chi connectivity index (χ4v) is 1.51. The van der Waals surface area contributed by atoms with Crippen LogP contribution in [-0.4, -0.2) is 31.3 Å². The molecule has 102 valence electrons. The molecule has 0 spiro atoms. The second kappa shape index (κ2) is 9.85. The molecule has 0 saturated heterocycles. The van der Waals surface area contributed by atoms with Crippen LogP contribution in [-0.2, 0) is 16.1 Å². The second-order valence-electron chi connectivity index (χ2n) is 4.08. The molecule has 0 aliphatic heterocycles. The smallest absolute Gasteiger partial charge is 0.0889 e. The quantitative estimate of drug-likeness (QED) is 0.650. The maximum absolute atomic E-state index is 5.52. The number of ether oxygens (including phenoxy) is 2. The number of hydrogen-bond donors (Lipinski definition) is 1. The van der Waals surface area contributed by atoms with Crippen LogP contribution in [0.25, 0.3) is 0 Å². The summed E-state index contributed by atoms with van der Waals surface area (Å²) in [4.78, 5) is 4.26. The molecule has 0 atom stereocenters. The topological polar surface area (TPSA) is 43.4 Å². The second-order valence-corrected chi connectivity index (χ2v) is 4.08. The molecule has 0 aliphatic carbocycles. The van der Waals surface area contributed by atoms with Gasteiger partial charge in [0.1, 0.15) is 0 Å². The zero-order chi connectivity index (χ0) is 13.1. The van der Waals surface area contributed by atoms with Crippen molar-refractivity contribution in [1.82, 2.24) is 4.98 Å². The molecule has 0 amide bonds. The van der Waals surface area contributed by atoms with Gasteiger partial charge in [0.15, 0.2) is 0 Å². The number of pyridine rings is 1. The lowest BCUT2D eigenvalue weighted by Crippen LogP contribution is -2.06. The van der Waals surface area contributed by atoms with E-state index in [2.05, 4.69) is 24.1 Å². The molecule has 4 nitrogen and oxygen atoms in total. The van der Waals surface area contributed by atoms with E-state index in [-0.39, 0.29) is 0 Å². The summed E-state index contributed by atoms with van der Waals surface area (Å²) in [5.41, 5.74) is 2.03. The molecule has 1 aromatic heterocycles. The molecule has 1 rings (SSSR count). The molecule has 4 heteroatoms. The first-order chi connectivity index (χ1) is 8.86. The third-order valence-electron chi connectivity index (χ3n) is 2.46. The van der Waals surface area contributed by atoms with Crippen molar-refractivity contribution in [2.45, 2.75) is 33.3 Å². The highest BCUT2D eigenvalue weighted by atomic mass is 16.5. The number of nitrogens with one attached hydrogen (secondary N) is 1. The van der Waals surface area contributed by atoms with Gasteiger partial charge in [0.05, 0.1) is 25.5 Å². The fourth-order valence-electron chi connectivity index (χ4n) is 1.51. The Bertz CT molecular complexity index is 318. The van der Waals surface area contributed by atoms with Crippen molar-refractivity contribution < 1.29 is 9.47 Å². The SMILES string of the molecule is CCCCOCCOCc1cc(NCC)ccn1. The van der Waals surface area contributed by atoms with Crippen molar-refractivity contribution in [1.29, 1.82) is 0 Å². The predicted octanol–water partition coefficient (Wildman–Crippen LogP) is 2.85. The van der Waals surface area contributed by atoms with Crippen molar-refractivity contribution in [3.05, 3.63) is 24.0 Å². The maximum Gasteiger partial charge on any atom is 0.0889 e. The summed E-state index contributed by atoms with van der Waals surface area (Å²) in [6, 6.07) is 3.97. The van der Waals surface area contributed by atoms with Gasteiger partial charge in [0, 0.05) is 25.0 Å². The molecule has 0 fully saturated rings. The van der Waals surface area contributed by atoms with E-state index in [4.69, 9.17) is 9.47 Å². The van der Waals surface area contributed by atoms with Crippen molar-refractivity contribution in [2.24, 2.45) is 0 Å². The first-order valence-corrected chi connectivity index (χ1v) is 6.71. The largest absolute Gasteiger partial charge is 0.385 e. The molecule has 1 heterocycles. The summed E-state index contributed by atoms with van der Waals surface area (Å²) in [5, 5.41) is 3.25. The van der Waals surface area contributed by atoms with Crippen molar-refractivity contribution in [3.8, 4) is 0 Å². The van der Waals surface area contributed by atoms with Crippen molar-refractivity contribution in [3.63, 3.8) is 0 Å². The zero-order valence-electron chi connectivity index (χ0n) is 11.4. The molecule has 1 aromatic rings. The summed E-state index contributed by atoms with van der Waals surface area (Å²) in [6.07, 6.45) is 4.09. The number of nitrogens with zero attached hydrogens (tertiary/aromatic N) is 1. The maximum atomic E-state index is 5.52. The number of anilines is 1. The Morgan fingerprint density at radius 2 is 2.00 bits per heavy atom. The number of aromatic nitrogens is 1. The van der Waals surface area contributed by atoms with Gasteiger partial charge in [-0.2, -0.15) is 0 Å². The summed E-state index contributed by atoms with van der Waals surface area (Å²) in [7, 11) is 0. The van der Waals surface area contributed by atoms with Crippen LogP contribution in [0.5, 0.6) is 0 Å². The van der Waals surface area contributed by atoms with E-state index < -0.39 is 0 Å². The van der Waals surface area contributed by atoms with Gasteiger partial charge in [0.25, 0.3) is 0 Å². The molecule has 0 radical (unpaired) electrons. The highest BCUT2D eigenvalue weighted by molar-refractivity contribution is 5.42. The Morgan fingerprint density at radius 1 is 1.17 bits per heavy atom. The van der Waals surface area contributed by atoms with Gasteiger partial charge >= 0.3 is 0 Å². The first kappa shape index (κ1) is 14.9. The molecular formula is C14H24N2O2. The highest BCUT2D eigenvalue weighted by Crippen LogP contribution is 2.08. The minimum atomic E-state index is 0.538. The van der Waals surface area contributed by atoms with Crippen molar-refractivity contribution >= 4 is 5.69 Å². The van der Waals surface area contributed by atoms with Crippen LogP contribution in [0.1, 0.15) is 32.4 Å². The van der Waals surface area contributed by atoms with Gasteiger partial charge in [-0.3, -0.25) is 4.98 Å². The third-order valence-corrected chi connectivity index (χ3v) is 2.46. The van der Waals surface area contributed by atoms with E-state index >= 15 is 0 Å². The highest BCUT2D eigenvalue weighted by Gasteiger charge is 1.97. The normalized spacial score (nSPS) is 10.6. The van der Waals surface area contributed by atoms with Gasteiger partial charge in [-0.25, -0.2) is 0 Å². The number of hydrogen-bond acceptors (Lipinski definition) is 4. The number of rotatable bonds is 10. The van der Waals surface area contributed by atoms with Crippen molar-refractivity contribution in [2.75, 3.05) is 31.7 Å². The summed E-state index contributed by atoms with van der Waals surface area (Å²) in [6.45, 7) is 7.79. The Balaban J connectivity index is 2.13. The molecule has 18 heavy (non-hydrogen) atoms. The Hall–Kier alpha value is -1.13. The monoisotopic (exact) mass is 252 g/mol. The first-order valence-electron chi connectivity index (χ1n) is 6.71. The lowest BCUT2D eigenvalue weighted by molar-refractivity contribution is 0.0386. The van der Waals surface area contributed by atoms with Gasteiger partial charge in [-0.15, -0.1) is 0 Å². The standard InChI is InChI=1S/C14H24N2O2/c1-3-5-8-17-9-10-18-12-14-11-13(15-4-2)6-7-16-14/h6-7,11H,3-5,8-10,12H2,1-2H3,(H,15,16). The average molecular weight is 252 g/mol. The van der Waals surface area contributed by atoms with Crippen LogP contribution in [0.15, 0.2) is 18.3 Å². The molecule has 0 unspecified atom stereocenters. The molecule has 0 aliphatic rings. The Kier molecular flexibility index (Phi) is 8.17. The minimum absolute atomic E-state index is 0.538. The van der Waals surface area contributed by atoms with Crippen LogP contribution in [0.4, 0.5) is 5.69 Å². The van der Waals surface area contributed by atoms with Gasteiger partial charge < -0.3 is 14.8 Å². The van der Waals surface area contributed by atoms with Gasteiger partial charge in [-0.05, 0) is 25.5 Å².